The Kier molecular flexibility index (Phi) is 4.68. The predicted octanol–water partition coefficient (Wildman–Crippen LogP) is 5.01. The Hall–Kier alpha value is -3.99. The van der Waals surface area contributed by atoms with Crippen molar-refractivity contribution in [3.63, 3.8) is 0 Å². The van der Waals surface area contributed by atoms with E-state index in [4.69, 9.17) is 4.52 Å². The number of fused-ring (bicyclic) bond motifs is 1. The molecule has 0 aliphatic heterocycles. The van der Waals surface area contributed by atoms with Gasteiger partial charge in [-0.05, 0) is 31.0 Å². The number of hydrogen-bond donors (Lipinski definition) is 1. The van der Waals surface area contributed by atoms with E-state index in [1.165, 1.54) is 23.9 Å². The third-order valence-corrected chi connectivity index (χ3v) is 6.46. The fourth-order valence-electron chi connectivity index (χ4n) is 3.77. The predicted molar refractivity (Wildman–Crippen MR) is 122 cm³/mol. The molecule has 11 heteroatoms. The number of benzene rings is 2. The van der Waals surface area contributed by atoms with Gasteiger partial charge in [0.05, 0.1) is 10.7 Å². The summed E-state index contributed by atoms with van der Waals surface area (Å²) in [6.45, 7) is 0. The molecule has 5 aromatic rings. The minimum absolute atomic E-state index is 0.0171. The number of rotatable bonds is 7. The molecule has 3 aromatic heterocycles. The normalized spacial score (nSPS) is 13.6. The minimum Gasteiger partial charge on any atom is -0.360 e. The number of nitrogens with zero attached hydrogens (tertiary/aromatic N) is 6. The van der Waals surface area contributed by atoms with Crippen LogP contribution in [-0.4, -0.2) is 34.8 Å². The Morgan fingerprint density at radius 2 is 1.97 bits per heavy atom. The average molecular weight is 459 g/mol. The Balaban J connectivity index is 1.23. The van der Waals surface area contributed by atoms with Crippen molar-refractivity contribution in [1.29, 1.82) is 0 Å². The number of non-ortho nitro benzene ring substituents is 1. The first kappa shape index (κ1) is 19.7. The molecule has 0 bridgehead atoms. The molecule has 164 valence electrons. The average Bonchev–Trinajstić information content (AvgIpc) is 3.23. The second-order valence-corrected chi connectivity index (χ2v) is 8.70. The van der Waals surface area contributed by atoms with Gasteiger partial charge < -0.3 is 9.51 Å². The highest BCUT2D eigenvalue weighted by molar-refractivity contribution is 7.98. The Labute approximate surface area is 191 Å². The van der Waals surface area contributed by atoms with Crippen LogP contribution in [0.4, 0.5) is 5.69 Å². The van der Waals surface area contributed by atoms with Crippen molar-refractivity contribution in [2.45, 2.75) is 29.8 Å². The molecule has 0 radical (unpaired) electrons. The molecule has 0 amide bonds. The van der Waals surface area contributed by atoms with Gasteiger partial charge in [0.1, 0.15) is 0 Å². The van der Waals surface area contributed by atoms with Crippen LogP contribution in [0, 0.1) is 10.1 Å². The summed E-state index contributed by atoms with van der Waals surface area (Å²) >= 11 is 1.50. The van der Waals surface area contributed by atoms with Crippen LogP contribution in [0.2, 0.25) is 0 Å². The number of nitro groups is 1. The Morgan fingerprint density at radius 3 is 2.76 bits per heavy atom. The van der Waals surface area contributed by atoms with Gasteiger partial charge in [0.2, 0.25) is 11.7 Å². The van der Waals surface area contributed by atoms with Crippen molar-refractivity contribution in [3.8, 4) is 22.8 Å². The molecule has 1 N–H and O–H groups in total. The standard InChI is InChI=1S/C22H17N7O3S/c30-29(31)15-7-5-13(6-8-15)20-24-19(32-27-20)12-33-22-26-25-21(28(22)14-9-10-14)17-11-23-18-4-2-1-3-16(17)18/h1-8,11,14,23H,9-10,12H2. The second-order valence-electron chi connectivity index (χ2n) is 7.76. The van der Waals surface area contributed by atoms with Crippen molar-refractivity contribution in [2.75, 3.05) is 0 Å². The molecule has 3 heterocycles. The first-order valence-electron chi connectivity index (χ1n) is 10.4. The maximum atomic E-state index is 10.8. The number of para-hydroxylation sites is 1. The van der Waals surface area contributed by atoms with Gasteiger partial charge in [-0.15, -0.1) is 10.2 Å². The van der Waals surface area contributed by atoms with Gasteiger partial charge in [0.25, 0.3) is 5.69 Å². The minimum atomic E-state index is -0.442. The van der Waals surface area contributed by atoms with Gasteiger partial charge in [0, 0.05) is 46.4 Å². The number of aromatic nitrogens is 6. The maximum absolute atomic E-state index is 10.8. The number of aromatic amines is 1. The molecule has 0 saturated heterocycles. The molecule has 0 spiro atoms. The van der Waals surface area contributed by atoms with Gasteiger partial charge in [-0.25, -0.2) is 0 Å². The monoisotopic (exact) mass is 459 g/mol. The molecule has 33 heavy (non-hydrogen) atoms. The Bertz CT molecular complexity index is 1470. The molecular weight excluding hydrogens is 442 g/mol. The molecular formula is C22H17N7O3S. The number of H-pyrrole nitrogens is 1. The van der Waals surface area contributed by atoms with Crippen molar-refractivity contribution in [1.82, 2.24) is 29.9 Å². The van der Waals surface area contributed by atoms with E-state index in [0.29, 0.717) is 29.1 Å². The zero-order chi connectivity index (χ0) is 22.4. The van der Waals surface area contributed by atoms with E-state index in [1.54, 1.807) is 12.1 Å². The van der Waals surface area contributed by atoms with Crippen molar-refractivity contribution in [2.24, 2.45) is 0 Å². The van der Waals surface area contributed by atoms with Crippen molar-refractivity contribution >= 4 is 28.4 Å². The van der Waals surface area contributed by atoms with Gasteiger partial charge in [0.15, 0.2) is 11.0 Å². The zero-order valence-corrected chi connectivity index (χ0v) is 18.0. The molecule has 6 rings (SSSR count). The van der Waals surface area contributed by atoms with E-state index in [9.17, 15) is 10.1 Å². The van der Waals surface area contributed by atoms with Crippen molar-refractivity contribution in [3.05, 3.63) is 70.7 Å². The van der Waals surface area contributed by atoms with E-state index in [1.807, 2.05) is 24.4 Å². The topological polar surface area (TPSA) is 129 Å². The first-order valence-corrected chi connectivity index (χ1v) is 11.4. The molecule has 0 unspecified atom stereocenters. The van der Waals surface area contributed by atoms with Crippen LogP contribution in [0.3, 0.4) is 0 Å². The molecule has 1 aliphatic carbocycles. The summed E-state index contributed by atoms with van der Waals surface area (Å²) in [4.78, 5) is 18.1. The number of thioether (sulfide) groups is 1. The third-order valence-electron chi connectivity index (χ3n) is 5.54. The summed E-state index contributed by atoms with van der Waals surface area (Å²) in [6, 6.07) is 14.6. The number of nitrogens with one attached hydrogen (secondary N) is 1. The van der Waals surface area contributed by atoms with E-state index < -0.39 is 4.92 Å². The summed E-state index contributed by atoms with van der Waals surface area (Å²) in [6.07, 6.45) is 4.19. The maximum Gasteiger partial charge on any atom is 0.269 e. The summed E-state index contributed by atoms with van der Waals surface area (Å²) in [5, 5.41) is 25.7. The van der Waals surface area contributed by atoms with E-state index >= 15 is 0 Å². The largest absolute Gasteiger partial charge is 0.360 e. The summed E-state index contributed by atoms with van der Waals surface area (Å²) in [5.41, 5.74) is 2.78. The smallest absolute Gasteiger partial charge is 0.269 e. The Morgan fingerprint density at radius 1 is 1.15 bits per heavy atom. The highest BCUT2D eigenvalue weighted by Gasteiger charge is 2.31. The van der Waals surface area contributed by atoms with Gasteiger partial charge in [-0.1, -0.05) is 35.1 Å². The van der Waals surface area contributed by atoms with Crippen LogP contribution in [0.5, 0.6) is 0 Å². The van der Waals surface area contributed by atoms with Gasteiger partial charge in [-0.2, -0.15) is 4.98 Å². The number of hydrogen-bond acceptors (Lipinski definition) is 8. The lowest BCUT2D eigenvalue weighted by Crippen LogP contribution is -1.99. The van der Waals surface area contributed by atoms with Crippen LogP contribution in [0.25, 0.3) is 33.7 Å². The SMILES string of the molecule is O=[N+]([O-])c1ccc(-c2noc(CSc3nnc(-c4c[nH]c5ccccc45)n3C3CC3)n2)cc1. The summed E-state index contributed by atoms with van der Waals surface area (Å²) in [5.74, 6) is 2.14. The van der Waals surface area contributed by atoms with E-state index in [0.717, 1.165) is 40.3 Å². The number of nitro benzene ring substituents is 1. The van der Waals surface area contributed by atoms with Crippen LogP contribution in [-0.2, 0) is 5.75 Å². The lowest BCUT2D eigenvalue weighted by atomic mass is 10.1. The molecule has 1 aliphatic rings. The lowest BCUT2D eigenvalue weighted by Gasteiger charge is -2.07. The summed E-state index contributed by atoms with van der Waals surface area (Å²) in [7, 11) is 0. The molecule has 10 nitrogen and oxygen atoms in total. The lowest BCUT2D eigenvalue weighted by molar-refractivity contribution is -0.384. The highest BCUT2D eigenvalue weighted by Crippen LogP contribution is 2.42. The molecule has 2 aromatic carbocycles. The van der Waals surface area contributed by atoms with Crippen molar-refractivity contribution < 1.29 is 9.45 Å². The third kappa shape index (κ3) is 3.65. The van der Waals surface area contributed by atoms with E-state index in [2.05, 4.69) is 36.0 Å². The van der Waals surface area contributed by atoms with Crippen LogP contribution in [0.15, 0.2) is 64.4 Å². The zero-order valence-electron chi connectivity index (χ0n) is 17.2. The summed E-state index contributed by atoms with van der Waals surface area (Å²) < 4.78 is 7.60. The van der Waals surface area contributed by atoms with Crippen LogP contribution in [0.1, 0.15) is 24.8 Å². The second kappa shape index (κ2) is 7.85. The fraction of sp³-hybridized carbons (Fsp3) is 0.182. The van der Waals surface area contributed by atoms with Gasteiger partial charge >= 0.3 is 0 Å². The van der Waals surface area contributed by atoms with Crippen LogP contribution < -0.4 is 0 Å². The molecule has 1 saturated carbocycles. The van der Waals surface area contributed by atoms with Crippen LogP contribution >= 0.6 is 11.8 Å². The highest BCUT2D eigenvalue weighted by atomic mass is 32.2. The fourth-order valence-corrected chi connectivity index (χ4v) is 4.61. The first-order chi connectivity index (χ1) is 16.2. The molecule has 1 fully saturated rings. The van der Waals surface area contributed by atoms with E-state index in [-0.39, 0.29) is 5.69 Å². The quantitative estimate of drug-likeness (QED) is 0.204. The molecule has 0 atom stereocenters. The van der Waals surface area contributed by atoms with Gasteiger partial charge in [-0.3, -0.25) is 14.7 Å².